The van der Waals surface area contributed by atoms with Gasteiger partial charge < -0.3 is 0 Å². The topological polar surface area (TPSA) is 47.8 Å². The first-order chi connectivity index (χ1) is 8.67. The highest BCUT2D eigenvalue weighted by atomic mass is 35.5. The lowest BCUT2D eigenvalue weighted by atomic mass is 10.1. The van der Waals surface area contributed by atoms with Gasteiger partial charge in [0.2, 0.25) is 0 Å². The molecule has 0 aliphatic rings. The highest BCUT2D eigenvalue weighted by Crippen LogP contribution is 2.16. The van der Waals surface area contributed by atoms with Crippen LogP contribution in [0.5, 0.6) is 0 Å². The van der Waals surface area contributed by atoms with Gasteiger partial charge in [0.15, 0.2) is 11.6 Å². The average Bonchev–Trinajstić information content (AvgIpc) is 2.81. The Labute approximate surface area is 111 Å². The predicted octanol–water partition coefficient (Wildman–Crippen LogP) is 2.77. The van der Waals surface area contributed by atoms with Crippen molar-refractivity contribution in [3.63, 3.8) is 0 Å². The quantitative estimate of drug-likeness (QED) is 0.629. The second-order valence-electron chi connectivity index (χ2n) is 3.96. The number of nitrogens with zero attached hydrogens (tertiary/aromatic N) is 3. The lowest BCUT2D eigenvalue weighted by Crippen LogP contribution is -2.04. The molecule has 4 nitrogen and oxygen atoms in total. The fourth-order valence-corrected chi connectivity index (χ4v) is 1.99. The molecule has 2 aromatic rings. The maximum atomic E-state index is 11.2. The van der Waals surface area contributed by atoms with Gasteiger partial charge in [-0.25, -0.2) is 0 Å². The standard InChI is InChI=1S/C13H14ClN3O/c1-3-12-15-16-13(8-14)17(12)11-6-4-10(5-7-11)9(2)18/h4-7H,3,8H2,1-2H3. The SMILES string of the molecule is CCc1nnc(CCl)n1-c1ccc(C(C)=O)cc1. The van der Waals surface area contributed by atoms with E-state index in [1.165, 1.54) is 0 Å². The van der Waals surface area contributed by atoms with Gasteiger partial charge in [0.1, 0.15) is 5.82 Å². The summed E-state index contributed by atoms with van der Waals surface area (Å²) in [5.74, 6) is 1.94. The van der Waals surface area contributed by atoms with Crippen LogP contribution in [-0.4, -0.2) is 20.5 Å². The van der Waals surface area contributed by atoms with Gasteiger partial charge in [-0.2, -0.15) is 0 Å². The zero-order valence-electron chi connectivity index (χ0n) is 10.4. The Bertz CT molecular complexity index is 539. The van der Waals surface area contributed by atoms with Crippen LogP contribution in [-0.2, 0) is 12.3 Å². The summed E-state index contributed by atoms with van der Waals surface area (Å²) in [7, 11) is 0. The second kappa shape index (κ2) is 5.31. The van der Waals surface area contributed by atoms with Crippen LogP contribution in [0.2, 0.25) is 0 Å². The summed E-state index contributed by atoms with van der Waals surface area (Å²) in [6.07, 6.45) is 0.776. The summed E-state index contributed by atoms with van der Waals surface area (Å²) in [4.78, 5) is 11.2. The van der Waals surface area contributed by atoms with Gasteiger partial charge in [0.05, 0.1) is 5.88 Å². The minimum absolute atomic E-state index is 0.0542. The number of benzene rings is 1. The van der Waals surface area contributed by atoms with Crippen molar-refractivity contribution in [1.82, 2.24) is 14.8 Å². The molecule has 0 saturated carbocycles. The van der Waals surface area contributed by atoms with Crippen molar-refractivity contribution in [2.75, 3.05) is 0 Å². The molecule has 18 heavy (non-hydrogen) atoms. The monoisotopic (exact) mass is 263 g/mol. The van der Waals surface area contributed by atoms with Crippen molar-refractivity contribution < 1.29 is 4.79 Å². The first kappa shape index (κ1) is 12.8. The largest absolute Gasteiger partial charge is 0.295 e. The van der Waals surface area contributed by atoms with Crippen LogP contribution in [0.1, 0.15) is 35.9 Å². The molecule has 0 aliphatic carbocycles. The number of carbonyl (C=O) groups excluding carboxylic acids is 1. The Balaban J connectivity index is 2.47. The smallest absolute Gasteiger partial charge is 0.159 e. The first-order valence-electron chi connectivity index (χ1n) is 5.78. The maximum absolute atomic E-state index is 11.2. The van der Waals surface area contributed by atoms with E-state index in [2.05, 4.69) is 10.2 Å². The first-order valence-corrected chi connectivity index (χ1v) is 6.31. The molecule has 0 saturated heterocycles. The third kappa shape index (κ3) is 2.29. The Morgan fingerprint density at radius 2 is 1.83 bits per heavy atom. The van der Waals surface area contributed by atoms with E-state index in [4.69, 9.17) is 11.6 Å². The van der Waals surface area contributed by atoms with Crippen LogP contribution in [0.3, 0.4) is 0 Å². The summed E-state index contributed by atoms with van der Waals surface area (Å²) in [6.45, 7) is 3.57. The Hall–Kier alpha value is -1.68. The summed E-state index contributed by atoms with van der Waals surface area (Å²) in [6, 6.07) is 7.37. The van der Waals surface area contributed by atoms with Crippen molar-refractivity contribution in [3.05, 3.63) is 41.5 Å². The lowest BCUT2D eigenvalue weighted by molar-refractivity contribution is 0.101. The lowest BCUT2D eigenvalue weighted by Gasteiger charge is -2.08. The molecule has 0 radical (unpaired) electrons. The van der Waals surface area contributed by atoms with Crippen molar-refractivity contribution in [2.45, 2.75) is 26.1 Å². The summed E-state index contributed by atoms with van der Waals surface area (Å²) in [5.41, 5.74) is 1.62. The van der Waals surface area contributed by atoms with E-state index in [0.29, 0.717) is 17.3 Å². The number of hydrogen-bond acceptors (Lipinski definition) is 3. The van der Waals surface area contributed by atoms with E-state index in [-0.39, 0.29) is 5.78 Å². The minimum Gasteiger partial charge on any atom is -0.295 e. The average molecular weight is 264 g/mol. The molecule has 1 aromatic heterocycles. The maximum Gasteiger partial charge on any atom is 0.159 e. The molecule has 0 atom stereocenters. The fraction of sp³-hybridized carbons (Fsp3) is 0.308. The molecule has 0 N–H and O–H groups in total. The highest BCUT2D eigenvalue weighted by molar-refractivity contribution is 6.16. The molecule has 2 rings (SSSR count). The van der Waals surface area contributed by atoms with Crippen molar-refractivity contribution in [3.8, 4) is 5.69 Å². The molecule has 94 valence electrons. The van der Waals surface area contributed by atoms with Gasteiger partial charge in [0.25, 0.3) is 0 Å². The Kier molecular flexibility index (Phi) is 3.77. The number of rotatable bonds is 4. The molecular weight excluding hydrogens is 250 g/mol. The van der Waals surface area contributed by atoms with Crippen LogP contribution in [0, 0.1) is 0 Å². The number of hydrogen-bond donors (Lipinski definition) is 0. The third-order valence-electron chi connectivity index (χ3n) is 2.76. The Morgan fingerprint density at radius 1 is 1.22 bits per heavy atom. The van der Waals surface area contributed by atoms with Gasteiger partial charge in [-0.05, 0) is 31.2 Å². The zero-order chi connectivity index (χ0) is 13.1. The van der Waals surface area contributed by atoms with Gasteiger partial charge in [-0.3, -0.25) is 9.36 Å². The fourth-order valence-electron chi connectivity index (χ4n) is 1.81. The van der Waals surface area contributed by atoms with Crippen LogP contribution in [0.15, 0.2) is 24.3 Å². The molecule has 0 unspecified atom stereocenters. The molecule has 0 spiro atoms. The molecule has 0 aliphatic heterocycles. The number of aromatic nitrogens is 3. The summed E-state index contributed by atoms with van der Waals surface area (Å²) >= 11 is 5.86. The van der Waals surface area contributed by atoms with Gasteiger partial charge in [0, 0.05) is 17.7 Å². The number of aryl methyl sites for hydroxylation is 1. The molecule has 5 heteroatoms. The van der Waals surface area contributed by atoms with Crippen molar-refractivity contribution >= 4 is 17.4 Å². The van der Waals surface area contributed by atoms with Gasteiger partial charge >= 0.3 is 0 Å². The van der Waals surface area contributed by atoms with E-state index in [9.17, 15) is 4.79 Å². The second-order valence-corrected chi connectivity index (χ2v) is 4.23. The van der Waals surface area contributed by atoms with Gasteiger partial charge in [-0.1, -0.05) is 6.92 Å². The van der Waals surface area contributed by atoms with Crippen molar-refractivity contribution in [1.29, 1.82) is 0 Å². The Morgan fingerprint density at radius 3 is 2.33 bits per heavy atom. The normalized spacial score (nSPS) is 10.6. The van der Waals surface area contributed by atoms with E-state index >= 15 is 0 Å². The van der Waals surface area contributed by atoms with E-state index in [0.717, 1.165) is 17.9 Å². The highest BCUT2D eigenvalue weighted by Gasteiger charge is 2.11. The molecule has 0 amide bonds. The number of Topliss-reactive ketones (excluding diaryl/α,β-unsaturated/α-hetero) is 1. The number of halogens is 1. The van der Waals surface area contributed by atoms with Crippen LogP contribution in [0.25, 0.3) is 5.69 Å². The van der Waals surface area contributed by atoms with Crippen LogP contribution >= 0.6 is 11.6 Å². The molecule has 0 fully saturated rings. The third-order valence-corrected chi connectivity index (χ3v) is 3.00. The predicted molar refractivity (Wildman–Crippen MR) is 70.3 cm³/mol. The van der Waals surface area contributed by atoms with Crippen LogP contribution in [0.4, 0.5) is 0 Å². The molecule has 1 aromatic carbocycles. The van der Waals surface area contributed by atoms with Gasteiger partial charge in [-0.15, -0.1) is 21.8 Å². The molecule has 0 bridgehead atoms. The molecular formula is C13H14ClN3O. The van der Waals surface area contributed by atoms with Crippen molar-refractivity contribution in [2.24, 2.45) is 0 Å². The molecule has 1 heterocycles. The zero-order valence-corrected chi connectivity index (χ0v) is 11.1. The number of ketones is 1. The van der Waals surface area contributed by atoms with E-state index in [1.54, 1.807) is 19.1 Å². The minimum atomic E-state index is 0.0542. The number of carbonyl (C=O) groups is 1. The van der Waals surface area contributed by atoms with E-state index < -0.39 is 0 Å². The summed E-state index contributed by atoms with van der Waals surface area (Å²) in [5, 5.41) is 8.15. The van der Waals surface area contributed by atoms with Crippen LogP contribution < -0.4 is 0 Å². The van der Waals surface area contributed by atoms with E-state index in [1.807, 2.05) is 23.6 Å². The summed E-state index contributed by atoms with van der Waals surface area (Å²) < 4.78 is 1.93. The number of alkyl halides is 1.